The Hall–Kier alpha value is -1.55. The molecule has 0 spiro atoms. The van der Waals surface area contributed by atoms with Gasteiger partial charge < -0.3 is 9.84 Å². The van der Waals surface area contributed by atoms with Gasteiger partial charge in [0.1, 0.15) is 6.61 Å². The molecule has 17 heavy (non-hydrogen) atoms. The minimum atomic E-state index is -0.377. The van der Waals surface area contributed by atoms with E-state index in [1.165, 1.54) is 5.56 Å². The predicted molar refractivity (Wildman–Crippen MR) is 65.1 cm³/mol. The number of hydrogen-bond donors (Lipinski definition) is 1. The van der Waals surface area contributed by atoms with Crippen LogP contribution in [0.4, 0.5) is 10.5 Å². The minimum absolute atomic E-state index is 0.0475. The normalized spacial score (nSPS) is 18.7. The van der Waals surface area contributed by atoms with E-state index in [0.29, 0.717) is 12.5 Å². The van der Waals surface area contributed by atoms with Crippen LogP contribution >= 0.6 is 0 Å². The average molecular weight is 235 g/mol. The highest BCUT2D eigenvalue weighted by molar-refractivity contribution is 5.89. The Labute approximate surface area is 101 Å². The van der Waals surface area contributed by atoms with Gasteiger partial charge in [0.15, 0.2) is 0 Å². The number of ether oxygens (including phenoxy) is 1. The van der Waals surface area contributed by atoms with E-state index in [-0.39, 0.29) is 19.3 Å². The summed E-state index contributed by atoms with van der Waals surface area (Å²) >= 11 is 0. The maximum atomic E-state index is 11.9. The SMILES string of the molecule is CC1Cc2ccccc2N(C(=O)OCCO)C1. The summed E-state index contributed by atoms with van der Waals surface area (Å²) in [6, 6.07) is 7.87. The van der Waals surface area contributed by atoms with E-state index >= 15 is 0 Å². The molecule has 1 N–H and O–H groups in total. The Balaban J connectivity index is 2.20. The second-order valence-electron chi connectivity index (χ2n) is 4.39. The molecule has 4 nitrogen and oxygen atoms in total. The predicted octanol–water partition coefficient (Wildman–Crippen LogP) is 1.81. The summed E-state index contributed by atoms with van der Waals surface area (Å²) in [5.74, 6) is 0.423. The molecular formula is C13H17NO3. The fourth-order valence-electron chi connectivity index (χ4n) is 2.18. The summed E-state index contributed by atoms with van der Waals surface area (Å²) in [5, 5.41) is 8.67. The van der Waals surface area contributed by atoms with E-state index in [0.717, 1.165) is 12.1 Å². The number of amides is 1. The molecule has 0 saturated heterocycles. The van der Waals surface area contributed by atoms with E-state index < -0.39 is 0 Å². The van der Waals surface area contributed by atoms with Gasteiger partial charge >= 0.3 is 6.09 Å². The van der Waals surface area contributed by atoms with Gasteiger partial charge in [0.25, 0.3) is 0 Å². The van der Waals surface area contributed by atoms with Crippen molar-refractivity contribution in [3.05, 3.63) is 29.8 Å². The van der Waals surface area contributed by atoms with Gasteiger partial charge in [0.2, 0.25) is 0 Å². The molecule has 0 saturated carbocycles. The fourth-order valence-corrected chi connectivity index (χ4v) is 2.18. The van der Waals surface area contributed by atoms with Crippen LogP contribution in [0.2, 0.25) is 0 Å². The van der Waals surface area contributed by atoms with E-state index in [9.17, 15) is 4.79 Å². The Morgan fingerprint density at radius 1 is 1.53 bits per heavy atom. The first-order valence-corrected chi connectivity index (χ1v) is 5.85. The lowest BCUT2D eigenvalue weighted by molar-refractivity contribution is 0.124. The Morgan fingerprint density at radius 3 is 3.06 bits per heavy atom. The smallest absolute Gasteiger partial charge is 0.414 e. The number of anilines is 1. The van der Waals surface area contributed by atoms with E-state index in [1.54, 1.807) is 4.90 Å². The number of hydrogen-bond acceptors (Lipinski definition) is 3. The topological polar surface area (TPSA) is 49.8 Å². The molecule has 1 aromatic rings. The Bertz CT molecular complexity index is 405. The molecule has 1 aromatic carbocycles. The van der Waals surface area contributed by atoms with Crippen LogP contribution in [-0.4, -0.2) is 31.0 Å². The molecule has 1 atom stereocenters. The van der Waals surface area contributed by atoms with Crippen molar-refractivity contribution in [2.75, 3.05) is 24.7 Å². The van der Waals surface area contributed by atoms with Crippen LogP contribution in [0, 0.1) is 5.92 Å². The molecule has 0 aliphatic carbocycles. The van der Waals surface area contributed by atoms with Crippen LogP contribution in [0.1, 0.15) is 12.5 Å². The molecule has 4 heteroatoms. The highest BCUT2D eigenvalue weighted by Gasteiger charge is 2.26. The first kappa shape index (κ1) is 11.9. The van der Waals surface area contributed by atoms with Gasteiger partial charge in [-0.2, -0.15) is 0 Å². The average Bonchev–Trinajstić information content (AvgIpc) is 2.34. The van der Waals surface area contributed by atoms with Gasteiger partial charge in [-0.1, -0.05) is 25.1 Å². The first-order chi connectivity index (χ1) is 8.22. The standard InChI is InChI=1S/C13H17NO3/c1-10-8-11-4-2-3-5-12(11)14(9-10)13(16)17-7-6-15/h2-5,10,15H,6-9H2,1H3. The van der Waals surface area contributed by atoms with Crippen molar-refractivity contribution in [3.63, 3.8) is 0 Å². The zero-order valence-electron chi connectivity index (χ0n) is 9.93. The van der Waals surface area contributed by atoms with Crippen LogP contribution in [0.15, 0.2) is 24.3 Å². The molecule has 1 aliphatic rings. The number of carbonyl (C=O) groups is 1. The number of fused-ring (bicyclic) bond motifs is 1. The van der Waals surface area contributed by atoms with Crippen molar-refractivity contribution < 1.29 is 14.6 Å². The van der Waals surface area contributed by atoms with Gasteiger partial charge in [-0.25, -0.2) is 4.79 Å². The largest absolute Gasteiger partial charge is 0.447 e. The molecule has 0 fully saturated rings. The molecule has 1 heterocycles. The molecule has 0 aromatic heterocycles. The first-order valence-electron chi connectivity index (χ1n) is 5.85. The zero-order chi connectivity index (χ0) is 12.3. The fraction of sp³-hybridized carbons (Fsp3) is 0.462. The summed E-state index contributed by atoms with van der Waals surface area (Å²) in [6.45, 7) is 2.69. The summed E-state index contributed by atoms with van der Waals surface area (Å²) in [7, 11) is 0. The zero-order valence-corrected chi connectivity index (χ0v) is 9.93. The Kier molecular flexibility index (Phi) is 3.64. The van der Waals surface area contributed by atoms with Crippen molar-refractivity contribution in [2.24, 2.45) is 5.92 Å². The second-order valence-corrected chi connectivity index (χ2v) is 4.39. The lowest BCUT2D eigenvalue weighted by Crippen LogP contribution is -2.39. The molecular weight excluding hydrogens is 218 g/mol. The molecule has 0 bridgehead atoms. The summed E-state index contributed by atoms with van der Waals surface area (Å²) in [6.07, 6.45) is 0.609. The van der Waals surface area contributed by atoms with Crippen molar-refractivity contribution in [1.29, 1.82) is 0 Å². The third-order valence-electron chi connectivity index (χ3n) is 2.88. The van der Waals surface area contributed by atoms with Crippen molar-refractivity contribution in [1.82, 2.24) is 0 Å². The number of rotatable bonds is 2. The molecule has 2 rings (SSSR count). The Morgan fingerprint density at radius 2 is 2.29 bits per heavy atom. The number of benzene rings is 1. The molecule has 1 unspecified atom stereocenters. The van der Waals surface area contributed by atoms with E-state index in [4.69, 9.17) is 9.84 Å². The highest BCUT2D eigenvalue weighted by Crippen LogP contribution is 2.29. The van der Waals surface area contributed by atoms with Crippen LogP contribution in [0.25, 0.3) is 0 Å². The third kappa shape index (κ3) is 2.58. The van der Waals surface area contributed by atoms with Gasteiger partial charge in [0.05, 0.1) is 12.3 Å². The van der Waals surface area contributed by atoms with Gasteiger partial charge in [0, 0.05) is 6.54 Å². The van der Waals surface area contributed by atoms with E-state index in [2.05, 4.69) is 6.92 Å². The maximum absolute atomic E-state index is 11.9. The van der Waals surface area contributed by atoms with Crippen LogP contribution < -0.4 is 4.90 Å². The summed E-state index contributed by atoms with van der Waals surface area (Å²) in [4.78, 5) is 13.5. The minimum Gasteiger partial charge on any atom is -0.447 e. The van der Waals surface area contributed by atoms with Crippen molar-refractivity contribution in [2.45, 2.75) is 13.3 Å². The lowest BCUT2D eigenvalue weighted by atomic mass is 9.94. The molecule has 1 aliphatic heterocycles. The highest BCUT2D eigenvalue weighted by atomic mass is 16.6. The van der Waals surface area contributed by atoms with Crippen LogP contribution in [0.3, 0.4) is 0 Å². The third-order valence-corrected chi connectivity index (χ3v) is 2.88. The number of aliphatic hydroxyl groups excluding tert-OH is 1. The van der Waals surface area contributed by atoms with E-state index in [1.807, 2.05) is 24.3 Å². The molecule has 0 radical (unpaired) electrons. The number of para-hydroxylation sites is 1. The summed E-state index contributed by atoms with van der Waals surface area (Å²) in [5.41, 5.74) is 2.10. The van der Waals surface area contributed by atoms with Gasteiger partial charge in [-0.3, -0.25) is 4.90 Å². The van der Waals surface area contributed by atoms with Crippen LogP contribution in [-0.2, 0) is 11.2 Å². The molecule has 1 amide bonds. The number of carbonyl (C=O) groups excluding carboxylic acids is 1. The van der Waals surface area contributed by atoms with Crippen LogP contribution in [0.5, 0.6) is 0 Å². The second kappa shape index (κ2) is 5.19. The van der Waals surface area contributed by atoms with Gasteiger partial charge in [-0.15, -0.1) is 0 Å². The monoisotopic (exact) mass is 235 g/mol. The van der Waals surface area contributed by atoms with Crippen molar-refractivity contribution >= 4 is 11.8 Å². The quantitative estimate of drug-likeness (QED) is 0.850. The summed E-state index contributed by atoms with van der Waals surface area (Å²) < 4.78 is 4.97. The molecule has 92 valence electrons. The van der Waals surface area contributed by atoms with Crippen molar-refractivity contribution in [3.8, 4) is 0 Å². The maximum Gasteiger partial charge on any atom is 0.414 e. The van der Waals surface area contributed by atoms with Gasteiger partial charge in [-0.05, 0) is 24.0 Å². The number of nitrogens with zero attached hydrogens (tertiary/aromatic N) is 1. The number of aliphatic hydroxyl groups is 1. The lowest BCUT2D eigenvalue weighted by Gasteiger charge is -2.32.